The topological polar surface area (TPSA) is 90.0 Å². The third-order valence-electron chi connectivity index (χ3n) is 3.30. The summed E-state index contributed by atoms with van der Waals surface area (Å²) in [4.78, 5) is 24.4. The van der Waals surface area contributed by atoms with Crippen LogP contribution < -0.4 is 9.04 Å². The van der Waals surface area contributed by atoms with Gasteiger partial charge in [0.2, 0.25) is 10.0 Å². The molecule has 1 rings (SSSR count). The molecule has 1 aromatic carbocycles. The van der Waals surface area contributed by atoms with Crippen molar-refractivity contribution in [1.29, 1.82) is 0 Å². The molecule has 134 valence electrons. The van der Waals surface area contributed by atoms with Crippen LogP contribution in [0.4, 0.5) is 5.69 Å². The van der Waals surface area contributed by atoms with Crippen molar-refractivity contribution < 1.29 is 27.5 Å². The molecule has 0 bridgehead atoms. The average Bonchev–Trinajstić information content (AvgIpc) is 2.48. The lowest BCUT2D eigenvalue weighted by molar-refractivity contribution is -0.138. The van der Waals surface area contributed by atoms with Gasteiger partial charge in [-0.2, -0.15) is 0 Å². The summed E-state index contributed by atoms with van der Waals surface area (Å²) in [5.74, 6) is -0.342. The Hall–Kier alpha value is -1.87. The van der Waals surface area contributed by atoms with Gasteiger partial charge in [0, 0.05) is 11.6 Å². The molecule has 0 saturated carbocycles. The van der Waals surface area contributed by atoms with E-state index in [9.17, 15) is 18.0 Å². The summed E-state index contributed by atoms with van der Waals surface area (Å²) < 4.78 is 34.9. The molecule has 0 saturated heterocycles. The molecule has 7 nitrogen and oxygen atoms in total. The maximum Gasteiger partial charge on any atom is 0.326 e. The Kier molecular flexibility index (Phi) is 6.18. The van der Waals surface area contributed by atoms with E-state index in [-0.39, 0.29) is 16.7 Å². The van der Waals surface area contributed by atoms with E-state index >= 15 is 0 Å². The predicted octanol–water partition coefficient (Wildman–Crippen LogP) is 1.69. The van der Waals surface area contributed by atoms with Crippen LogP contribution in [-0.2, 0) is 19.6 Å². The largest absolute Gasteiger partial charge is 0.497 e. The van der Waals surface area contributed by atoms with Gasteiger partial charge >= 0.3 is 5.97 Å². The Morgan fingerprint density at radius 3 is 2.17 bits per heavy atom. The van der Waals surface area contributed by atoms with Gasteiger partial charge in [-0.15, -0.1) is 0 Å². The predicted molar refractivity (Wildman–Crippen MR) is 94.9 cm³/mol. The number of esters is 1. The molecule has 0 amide bonds. The summed E-state index contributed by atoms with van der Waals surface area (Å²) >= 11 is 0. The molecule has 0 spiro atoms. The number of ether oxygens (including phenoxy) is 2. The van der Waals surface area contributed by atoms with Crippen molar-refractivity contribution in [3.8, 4) is 5.75 Å². The van der Waals surface area contributed by atoms with Crippen LogP contribution in [0.25, 0.3) is 0 Å². The van der Waals surface area contributed by atoms with E-state index in [0.717, 1.165) is 10.6 Å². The minimum atomic E-state index is -3.81. The Balaban J connectivity index is 3.61. The van der Waals surface area contributed by atoms with Gasteiger partial charge in [0.05, 0.1) is 26.2 Å². The maximum absolute atomic E-state index is 12.8. The first-order chi connectivity index (χ1) is 10.9. The fourth-order valence-corrected chi connectivity index (χ4v) is 3.87. The van der Waals surface area contributed by atoms with Gasteiger partial charge in [-0.3, -0.25) is 9.10 Å². The molecule has 0 aromatic heterocycles. The fourth-order valence-electron chi connectivity index (χ4n) is 2.00. The van der Waals surface area contributed by atoms with Crippen LogP contribution in [-0.4, -0.2) is 54.9 Å². The van der Waals surface area contributed by atoms with Crippen molar-refractivity contribution in [3.05, 3.63) is 23.8 Å². The second kappa shape index (κ2) is 7.35. The Morgan fingerprint density at radius 2 is 1.75 bits per heavy atom. The summed E-state index contributed by atoms with van der Waals surface area (Å²) in [5, 5.41) is -0.112. The highest BCUT2D eigenvalue weighted by molar-refractivity contribution is 7.92. The van der Waals surface area contributed by atoms with Crippen molar-refractivity contribution in [3.63, 3.8) is 0 Å². The van der Waals surface area contributed by atoms with Crippen LogP contribution >= 0.6 is 0 Å². The lowest BCUT2D eigenvalue weighted by atomic mass is 10.2. The van der Waals surface area contributed by atoms with Crippen LogP contribution in [0.2, 0.25) is 19.6 Å². The zero-order valence-electron chi connectivity index (χ0n) is 14.7. The first-order valence-electron chi connectivity index (χ1n) is 7.19. The van der Waals surface area contributed by atoms with E-state index in [1.54, 1.807) is 6.07 Å². The van der Waals surface area contributed by atoms with Crippen molar-refractivity contribution in [2.24, 2.45) is 0 Å². The minimum absolute atomic E-state index is 0.112. The number of carbonyl (C=O) groups excluding carboxylic acids is 2. The van der Waals surface area contributed by atoms with Gasteiger partial charge in [0.15, 0.2) is 0 Å². The molecular weight excluding hydrogens is 350 g/mol. The molecule has 0 atom stereocenters. The third-order valence-corrected chi connectivity index (χ3v) is 6.06. The van der Waals surface area contributed by atoms with Gasteiger partial charge in [-0.25, -0.2) is 8.42 Å². The number of hydrogen-bond acceptors (Lipinski definition) is 6. The van der Waals surface area contributed by atoms with Gasteiger partial charge < -0.3 is 14.3 Å². The average molecular weight is 374 g/mol. The summed E-state index contributed by atoms with van der Waals surface area (Å²) in [6.07, 6.45) is 0.970. The quantitative estimate of drug-likeness (QED) is 0.534. The van der Waals surface area contributed by atoms with E-state index in [1.807, 2.05) is 19.6 Å². The molecule has 0 aliphatic carbocycles. The highest BCUT2D eigenvalue weighted by atomic mass is 32.2. The number of benzene rings is 1. The maximum atomic E-state index is 12.8. The third kappa shape index (κ3) is 4.81. The Bertz CT molecular complexity index is 739. The van der Waals surface area contributed by atoms with Crippen molar-refractivity contribution in [1.82, 2.24) is 0 Å². The normalized spacial score (nSPS) is 11.8. The van der Waals surface area contributed by atoms with Crippen molar-refractivity contribution in [2.45, 2.75) is 19.6 Å². The molecular formula is C15H23NO6SSi. The van der Waals surface area contributed by atoms with Crippen LogP contribution in [0.3, 0.4) is 0 Å². The molecule has 24 heavy (non-hydrogen) atoms. The number of hydrogen-bond donors (Lipinski definition) is 0. The summed E-state index contributed by atoms with van der Waals surface area (Å²) in [7, 11) is -3.44. The number of carbonyl (C=O) groups is 2. The summed E-state index contributed by atoms with van der Waals surface area (Å²) in [6.45, 7) is 5.09. The molecule has 0 fully saturated rings. The number of rotatable bonds is 7. The zero-order valence-corrected chi connectivity index (χ0v) is 16.6. The second-order valence-corrected chi connectivity index (χ2v) is 13.2. The zero-order chi connectivity index (χ0) is 18.7. The molecule has 0 heterocycles. The van der Waals surface area contributed by atoms with E-state index in [4.69, 9.17) is 4.74 Å². The molecule has 9 heteroatoms. The van der Waals surface area contributed by atoms with E-state index in [1.165, 1.54) is 26.4 Å². The lowest BCUT2D eigenvalue weighted by Gasteiger charge is -2.26. The van der Waals surface area contributed by atoms with Crippen LogP contribution in [0, 0.1) is 0 Å². The highest BCUT2D eigenvalue weighted by Gasteiger charge is 2.32. The number of sulfonamides is 1. The summed E-state index contributed by atoms with van der Waals surface area (Å²) in [6, 6.07) is 4.57. The van der Waals surface area contributed by atoms with Gasteiger partial charge in [0.25, 0.3) is 0 Å². The van der Waals surface area contributed by atoms with Gasteiger partial charge in [-0.1, -0.05) is 19.6 Å². The van der Waals surface area contributed by atoms with Gasteiger partial charge in [-0.05, 0) is 12.1 Å². The fraction of sp³-hybridized carbons (Fsp3) is 0.467. The molecule has 0 radical (unpaired) electrons. The molecule has 0 aliphatic rings. The van der Waals surface area contributed by atoms with E-state index < -0.39 is 30.6 Å². The van der Waals surface area contributed by atoms with Crippen molar-refractivity contribution >= 4 is 35.2 Å². The van der Waals surface area contributed by atoms with Crippen LogP contribution in [0.5, 0.6) is 5.75 Å². The SMILES string of the molecule is COC(=O)CN(c1cc(OC)ccc1C(=O)[Si](C)(C)C)S(C)(=O)=O. The molecule has 0 N–H and O–H groups in total. The highest BCUT2D eigenvalue weighted by Crippen LogP contribution is 2.30. The lowest BCUT2D eigenvalue weighted by Crippen LogP contribution is -2.39. The van der Waals surface area contributed by atoms with E-state index in [0.29, 0.717) is 5.75 Å². The van der Waals surface area contributed by atoms with Crippen LogP contribution in [0.15, 0.2) is 18.2 Å². The van der Waals surface area contributed by atoms with E-state index in [2.05, 4.69) is 4.74 Å². The second-order valence-electron chi connectivity index (χ2n) is 6.31. The van der Waals surface area contributed by atoms with Crippen molar-refractivity contribution in [2.75, 3.05) is 31.3 Å². The van der Waals surface area contributed by atoms with Crippen LogP contribution in [0.1, 0.15) is 10.4 Å². The number of anilines is 1. The standard InChI is InChI=1S/C15H23NO6SSi/c1-21-11-7-8-12(15(18)24(4,5)6)13(9-11)16(23(3,19)20)10-14(17)22-2/h7-9H,10H2,1-6H3. The smallest absolute Gasteiger partial charge is 0.326 e. The number of nitrogens with zero attached hydrogens (tertiary/aromatic N) is 1. The number of methoxy groups -OCH3 is 2. The minimum Gasteiger partial charge on any atom is -0.497 e. The Morgan fingerprint density at radius 1 is 1.17 bits per heavy atom. The first kappa shape index (κ1) is 20.2. The molecule has 0 unspecified atom stereocenters. The van der Waals surface area contributed by atoms with Gasteiger partial charge in [0.1, 0.15) is 25.8 Å². The molecule has 1 aromatic rings. The Labute approximate surface area is 143 Å². The monoisotopic (exact) mass is 373 g/mol. The molecule has 0 aliphatic heterocycles. The first-order valence-corrected chi connectivity index (χ1v) is 12.5. The summed E-state index contributed by atoms with van der Waals surface area (Å²) in [5.41, 5.74) is 0.374.